The van der Waals surface area contributed by atoms with Crippen molar-refractivity contribution < 1.29 is 38.2 Å². The minimum absolute atomic E-state index is 0.0220. The summed E-state index contributed by atoms with van der Waals surface area (Å²) in [5.74, 6) is 5.21. The number of benzene rings is 9. The molecular formula is C69H67O8P. The fourth-order valence-corrected chi connectivity index (χ4v) is 13.3. The maximum Gasteiger partial charge on any atom is 0.311 e. The summed E-state index contributed by atoms with van der Waals surface area (Å²) < 4.78 is 47.7. The van der Waals surface area contributed by atoms with Crippen LogP contribution in [-0.2, 0) is 17.6 Å². The van der Waals surface area contributed by atoms with E-state index in [0.717, 1.165) is 112 Å². The molecule has 396 valence electrons. The van der Waals surface area contributed by atoms with Crippen LogP contribution in [0.15, 0.2) is 152 Å². The summed E-state index contributed by atoms with van der Waals surface area (Å²) in [6.45, 7) is 25.2. The Hall–Kier alpha value is -8.19. The third-order valence-electron chi connectivity index (χ3n) is 15.2. The van der Waals surface area contributed by atoms with Crippen LogP contribution < -0.4 is 34.1 Å². The van der Waals surface area contributed by atoms with Gasteiger partial charge in [-0.2, -0.15) is 0 Å². The Balaban J connectivity index is 0.783. The van der Waals surface area contributed by atoms with Gasteiger partial charge < -0.3 is 33.7 Å². The second-order valence-electron chi connectivity index (χ2n) is 21.7. The van der Waals surface area contributed by atoms with Crippen molar-refractivity contribution >= 4 is 18.0 Å². The molecule has 0 saturated heterocycles. The Morgan fingerprint density at radius 3 is 1.53 bits per heavy atom. The van der Waals surface area contributed by atoms with Crippen LogP contribution in [0.4, 0.5) is 0 Å². The Morgan fingerprint density at radius 1 is 0.474 bits per heavy atom. The predicted octanol–water partition coefficient (Wildman–Crippen LogP) is 17.4. The van der Waals surface area contributed by atoms with Gasteiger partial charge in [0.1, 0.15) is 64.0 Å². The van der Waals surface area contributed by atoms with Crippen LogP contribution in [0.1, 0.15) is 80.6 Å². The number of aryl methyl sites for hydroxylation is 6. The summed E-state index contributed by atoms with van der Waals surface area (Å²) >= 11 is 0. The Morgan fingerprint density at radius 2 is 0.962 bits per heavy atom. The van der Waals surface area contributed by atoms with Crippen LogP contribution in [0.5, 0.6) is 51.7 Å². The van der Waals surface area contributed by atoms with Crippen molar-refractivity contribution in [2.24, 2.45) is 0 Å². The lowest BCUT2D eigenvalue weighted by molar-refractivity contribution is 0.108. The van der Waals surface area contributed by atoms with Crippen molar-refractivity contribution in [2.75, 3.05) is 0 Å². The smallest absolute Gasteiger partial charge is 0.311 e. The van der Waals surface area contributed by atoms with E-state index in [0.29, 0.717) is 40.0 Å². The summed E-state index contributed by atoms with van der Waals surface area (Å²) in [4.78, 5) is 0. The molecule has 1 atom stereocenters. The molecule has 1 aliphatic heterocycles. The van der Waals surface area contributed by atoms with Gasteiger partial charge in [0.2, 0.25) is 0 Å². The molecule has 0 aromatic heterocycles. The van der Waals surface area contributed by atoms with Crippen LogP contribution in [0, 0.1) is 69.2 Å². The zero-order valence-electron chi connectivity index (χ0n) is 46.6. The van der Waals surface area contributed by atoms with Gasteiger partial charge in [-0.15, -0.1) is 0 Å². The highest BCUT2D eigenvalue weighted by Gasteiger charge is 2.40. The van der Waals surface area contributed by atoms with Crippen LogP contribution in [-0.4, -0.2) is 15.8 Å². The quantitative estimate of drug-likeness (QED) is 0.104. The van der Waals surface area contributed by atoms with Crippen LogP contribution in [0.2, 0.25) is 0 Å². The number of hydrogen-bond acceptors (Lipinski definition) is 8. The highest BCUT2D eigenvalue weighted by atomic mass is 31.2. The molecule has 0 aliphatic carbocycles. The third kappa shape index (κ3) is 10.4. The maximum atomic E-state index is 15.0. The van der Waals surface area contributed by atoms with Crippen LogP contribution >= 0.6 is 7.37 Å². The van der Waals surface area contributed by atoms with Crippen LogP contribution in [0.3, 0.4) is 0 Å². The van der Waals surface area contributed by atoms with E-state index in [2.05, 4.69) is 130 Å². The second-order valence-corrected chi connectivity index (χ2v) is 23.9. The molecule has 8 nitrogen and oxygen atoms in total. The monoisotopic (exact) mass is 1050 g/mol. The topological polar surface area (TPSA) is 104 Å². The number of rotatable bonds is 14. The summed E-state index contributed by atoms with van der Waals surface area (Å²) in [5, 5.41) is 21.8. The lowest BCUT2D eigenvalue weighted by Gasteiger charge is -2.29. The molecule has 9 heteroatoms. The Bertz CT molecular complexity index is 3810. The predicted molar refractivity (Wildman–Crippen MR) is 316 cm³/mol. The van der Waals surface area contributed by atoms with E-state index in [-0.39, 0.29) is 12.4 Å². The molecule has 0 radical (unpaired) electrons. The lowest BCUT2D eigenvalue weighted by atomic mass is 9.88. The van der Waals surface area contributed by atoms with E-state index >= 15 is 0 Å². The molecule has 2 N–H and O–H groups in total. The summed E-state index contributed by atoms with van der Waals surface area (Å²) in [6, 6.07) is 49.0. The summed E-state index contributed by atoms with van der Waals surface area (Å²) in [7, 11) is -3.70. The van der Waals surface area contributed by atoms with Gasteiger partial charge in [0, 0.05) is 12.0 Å². The van der Waals surface area contributed by atoms with Gasteiger partial charge >= 0.3 is 7.37 Å². The van der Waals surface area contributed by atoms with Crippen molar-refractivity contribution in [3.8, 4) is 85.1 Å². The van der Waals surface area contributed by atoms with E-state index in [1.54, 1.807) is 6.07 Å². The minimum Gasteiger partial charge on any atom is -0.508 e. The normalized spacial score (nSPS) is 13.8. The molecule has 0 bridgehead atoms. The highest BCUT2D eigenvalue weighted by molar-refractivity contribution is 7.75. The Labute approximate surface area is 459 Å². The van der Waals surface area contributed by atoms with Gasteiger partial charge in [0.05, 0.1) is 10.6 Å². The number of para-hydroxylation sites is 1. The number of aromatic hydroxyl groups is 2. The highest BCUT2D eigenvalue weighted by Crippen LogP contribution is 2.55. The number of phenolic OH excluding ortho intramolecular Hbond substituents is 2. The second kappa shape index (κ2) is 21.0. The van der Waals surface area contributed by atoms with Crippen molar-refractivity contribution in [3.05, 3.63) is 218 Å². The summed E-state index contributed by atoms with van der Waals surface area (Å²) in [5.41, 5.74) is 17.9. The molecule has 9 aromatic rings. The first-order valence-corrected chi connectivity index (χ1v) is 28.1. The molecule has 0 spiro atoms. The molecule has 9 aromatic carbocycles. The van der Waals surface area contributed by atoms with E-state index in [1.807, 2.05) is 86.6 Å². The number of ether oxygens (including phenoxy) is 4. The van der Waals surface area contributed by atoms with Crippen LogP contribution in [0.25, 0.3) is 33.4 Å². The van der Waals surface area contributed by atoms with E-state index < -0.39 is 13.0 Å². The molecule has 78 heavy (non-hydrogen) atoms. The van der Waals surface area contributed by atoms with E-state index in [9.17, 15) is 14.8 Å². The number of hydrogen-bond donors (Lipinski definition) is 2. The molecule has 10 rings (SSSR count). The maximum absolute atomic E-state index is 15.0. The molecule has 0 fully saturated rings. The van der Waals surface area contributed by atoms with Gasteiger partial charge in [0.15, 0.2) is 0 Å². The van der Waals surface area contributed by atoms with Gasteiger partial charge in [0.25, 0.3) is 0 Å². The zero-order chi connectivity index (χ0) is 55.4. The third-order valence-corrected chi connectivity index (χ3v) is 17.7. The lowest BCUT2D eigenvalue weighted by Crippen LogP contribution is -2.31. The van der Waals surface area contributed by atoms with Gasteiger partial charge in [-0.25, -0.2) is 0 Å². The molecule has 1 heterocycles. The van der Waals surface area contributed by atoms with Gasteiger partial charge in [-0.05, 0) is 244 Å². The number of phenols is 2. The van der Waals surface area contributed by atoms with E-state index in [1.165, 1.54) is 23.3 Å². The SMILES string of the molecule is Cc1cc(Oc2c(C)cc(-c3cc(C)c(Oc4cc(C)c(OC(C)(C)Cc5ccc(-c6ccc(COc7ccc(O)cc7P7(=O)Oc8ccccc8-c8ccccc87)cc6)cc5)c(C)c4)c(C)c3C)c(C)c2C)cc(C)c1O. The average Bonchev–Trinajstić information content (AvgIpc) is 3.52. The standard InChI is InChI=1S/C69H67O8P/c1-40-31-55(32-41(2)65(40)71)74-67-44(5)35-59(46(7)48(67)9)60-36-45(6)68(49(10)47(60)8)75-56-33-42(3)66(43(4)34-56)76-69(11,12)38-50-21-25-52(26-22-50)53-27-23-51(24-28-53)39-73-62-30-29-54(70)37-64(62)78(72)63-20-16-14-18-58(63)57-17-13-15-19-61(57)77-78/h13-37,70-71H,38-39H2,1-12H3. The van der Waals surface area contributed by atoms with Gasteiger partial charge in [-0.3, -0.25) is 4.57 Å². The van der Waals surface area contributed by atoms with Crippen molar-refractivity contribution in [1.82, 2.24) is 0 Å². The Kier molecular flexibility index (Phi) is 14.3. The first-order valence-electron chi connectivity index (χ1n) is 26.5. The largest absolute Gasteiger partial charge is 0.508 e. The molecule has 1 aliphatic rings. The first-order chi connectivity index (χ1) is 37.2. The molecule has 0 amide bonds. The summed E-state index contributed by atoms with van der Waals surface area (Å²) in [6.07, 6.45) is 0.701. The average molecular weight is 1060 g/mol. The fraction of sp³-hybridized carbons (Fsp3) is 0.217. The van der Waals surface area contributed by atoms with Crippen molar-refractivity contribution in [1.29, 1.82) is 0 Å². The minimum atomic E-state index is -3.70. The fourth-order valence-electron chi connectivity index (χ4n) is 10.9. The number of fused-ring (bicyclic) bond motifs is 3. The van der Waals surface area contributed by atoms with Crippen molar-refractivity contribution in [2.45, 2.75) is 102 Å². The molecular weight excluding hydrogens is 988 g/mol. The molecule has 0 saturated carbocycles. The zero-order valence-corrected chi connectivity index (χ0v) is 47.5. The van der Waals surface area contributed by atoms with E-state index in [4.69, 9.17) is 23.5 Å². The van der Waals surface area contributed by atoms with Gasteiger partial charge in [-0.1, -0.05) is 84.9 Å². The first kappa shape index (κ1) is 53.2. The molecule has 1 unspecified atom stereocenters. The van der Waals surface area contributed by atoms with Crippen molar-refractivity contribution in [3.63, 3.8) is 0 Å².